The van der Waals surface area contributed by atoms with Crippen LogP contribution < -0.4 is 9.64 Å². The fraction of sp³-hybridized carbons (Fsp3) is 0.588. The van der Waals surface area contributed by atoms with Crippen LogP contribution in [0.5, 0.6) is 6.01 Å². The highest BCUT2D eigenvalue weighted by atomic mass is 19.1. The van der Waals surface area contributed by atoms with E-state index in [1.54, 1.807) is 0 Å². The summed E-state index contributed by atoms with van der Waals surface area (Å²) in [4.78, 5) is 28.6. The zero-order valence-corrected chi connectivity index (χ0v) is 25.4. The number of benzene rings is 1. The predicted octanol–water partition coefficient (Wildman–Crippen LogP) is 4.59. The minimum atomic E-state index is -1.01. The van der Waals surface area contributed by atoms with E-state index in [9.17, 15) is 14.4 Å². The Balaban J connectivity index is 1.20. The standard InChI is InChI=1S/C34H41FN6O3/c1-23(35)32(42)41-18-17-39(20-25(41)11-14-36)31-28-21-43-30(27-10-4-8-24-7-2-3-9-26(24)27)19-29(28)37-33(38-31)44-22-34-12-5-15-40(34)16-6-13-34/h4,8,10,25,30H,1-3,5-7,9,11-13,15-22H2/t25-,30?/m0/s1. The van der Waals surface area contributed by atoms with Gasteiger partial charge in [0, 0.05) is 31.6 Å². The molecule has 0 bridgehead atoms. The predicted molar refractivity (Wildman–Crippen MR) is 163 cm³/mol. The molecule has 1 aliphatic carbocycles. The number of halogens is 1. The van der Waals surface area contributed by atoms with Crippen molar-refractivity contribution in [2.75, 3.05) is 44.2 Å². The van der Waals surface area contributed by atoms with Gasteiger partial charge in [-0.3, -0.25) is 9.69 Å². The van der Waals surface area contributed by atoms with Crippen LogP contribution in [-0.2, 0) is 35.4 Å². The maximum Gasteiger partial charge on any atom is 0.318 e. The van der Waals surface area contributed by atoms with Crippen LogP contribution >= 0.6 is 0 Å². The lowest BCUT2D eigenvalue weighted by atomic mass is 9.85. The molecular weight excluding hydrogens is 559 g/mol. The summed E-state index contributed by atoms with van der Waals surface area (Å²) in [6, 6.07) is 8.65. The molecule has 0 spiro atoms. The van der Waals surface area contributed by atoms with Gasteiger partial charge < -0.3 is 19.3 Å². The van der Waals surface area contributed by atoms with Crippen LogP contribution in [0.15, 0.2) is 30.6 Å². The lowest BCUT2D eigenvalue weighted by Gasteiger charge is -2.42. The van der Waals surface area contributed by atoms with Gasteiger partial charge in [-0.05, 0) is 81.1 Å². The van der Waals surface area contributed by atoms with E-state index in [0.29, 0.717) is 38.7 Å². The molecule has 1 aromatic carbocycles. The molecule has 2 atom stereocenters. The fourth-order valence-corrected chi connectivity index (χ4v) is 8.28. The van der Waals surface area contributed by atoms with Crippen LogP contribution in [0, 0.1) is 11.3 Å². The number of aromatic nitrogens is 2. The lowest BCUT2D eigenvalue weighted by molar-refractivity contribution is -0.131. The maximum atomic E-state index is 13.8. The van der Waals surface area contributed by atoms with Crippen molar-refractivity contribution in [3.05, 3.63) is 58.6 Å². The number of anilines is 1. The van der Waals surface area contributed by atoms with Crippen molar-refractivity contribution in [3.63, 3.8) is 0 Å². The van der Waals surface area contributed by atoms with E-state index in [2.05, 4.69) is 40.6 Å². The molecule has 44 heavy (non-hydrogen) atoms. The Kier molecular flexibility index (Phi) is 8.02. The van der Waals surface area contributed by atoms with E-state index in [0.717, 1.165) is 55.8 Å². The Morgan fingerprint density at radius 3 is 2.73 bits per heavy atom. The van der Waals surface area contributed by atoms with E-state index in [1.165, 1.54) is 47.3 Å². The van der Waals surface area contributed by atoms with Crippen molar-refractivity contribution in [1.82, 2.24) is 19.8 Å². The third kappa shape index (κ3) is 5.34. The molecule has 5 aliphatic rings. The zero-order valence-electron chi connectivity index (χ0n) is 25.4. The summed E-state index contributed by atoms with van der Waals surface area (Å²) in [6.07, 6.45) is 9.87. The van der Waals surface area contributed by atoms with Gasteiger partial charge in [0.05, 0.1) is 42.5 Å². The van der Waals surface area contributed by atoms with Crippen LogP contribution in [-0.4, -0.2) is 76.6 Å². The smallest absolute Gasteiger partial charge is 0.318 e. The van der Waals surface area contributed by atoms with E-state index in [4.69, 9.17) is 19.4 Å². The van der Waals surface area contributed by atoms with Gasteiger partial charge in [0.1, 0.15) is 12.4 Å². The second-order valence-electron chi connectivity index (χ2n) is 13.0. The van der Waals surface area contributed by atoms with Crippen molar-refractivity contribution >= 4 is 11.7 Å². The molecule has 7 rings (SSSR count). The van der Waals surface area contributed by atoms with Gasteiger partial charge in [-0.25, -0.2) is 4.39 Å². The van der Waals surface area contributed by atoms with Crippen molar-refractivity contribution in [2.45, 2.75) is 88.5 Å². The van der Waals surface area contributed by atoms with Gasteiger partial charge in [-0.15, -0.1) is 0 Å². The minimum absolute atomic E-state index is 0.0623. The molecule has 9 nitrogen and oxygen atoms in total. The number of rotatable bonds is 7. The first-order chi connectivity index (χ1) is 21.5. The average Bonchev–Trinajstić information content (AvgIpc) is 3.63. The highest BCUT2D eigenvalue weighted by Crippen LogP contribution is 2.41. The number of fused-ring (bicyclic) bond motifs is 3. The number of carbonyl (C=O) groups excluding carboxylic acids is 1. The maximum absolute atomic E-state index is 13.8. The van der Waals surface area contributed by atoms with Crippen LogP contribution in [0.2, 0.25) is 0 Å². The molecule has 1 aromatic heterocycles. The summed E-state index contributed by atoms with van der Waals surface area (Å²) < 4.78 is 26.9. The first-order valence-electron chi connectivity index (χ1n) is 16.2. The molecule has 5 heterocycles. The normalized spacial score (nSPS) is 24.3. The number of ether oxygens (including phenoxy) is 2. The Bertz CT molecular complexity index is 1480. The van der Waals surface area contributed by atoms with Crippen LogP contribution in [0.4, 0.5) is 10.2 Å². The van der Waals surface area contributed by atoms with Gasteiger partial charge in [0.2, 0.25) is 0 Å². The summed E-state index contributed by atoms with van der Waals surface area (Å²) in [5.74, 6) is -1.04. The monoisotopic (exact) mass is 600 g/mol. The van der Waals surface area contributed by atoms with Crippen molar-refractivity contribution in [1.29, 1.82) is 5.26 Å². The van der Waals surface area contributed by atoms with Gasteiger partial charge in [-0.2, -0.15) is 15.2 Å². The molecule has 0 saturated carbocycles. The van der Waals surface area contributed by atoms with E-state index in [1.807, 2.05) is 0 Å². The molecule has 3 fully saturated rings. The average molecular weight is 601 g/mol. The van der Waals surface area contributed by atoms with Crippen molar-refractivity contribution in [3.8, 4) is 12.1 Å². The van der Waals surface area contributed by atoms with Gasteiger partial charge in [0.15, 0.2) is 5.83 Å². The second-order valence-corrected chi connectivity index (χ2v) is 13.0. The molecule has 1 unspecified atom stereocenters. The Morgan fingerprint density at radius 1 is 1.11 bits per heavy atom. The van der Waals surface area contributed by atoms with Crippen LogP contribution in [0.25, 0.3) is 0 Å². The summed E-state index contributed by atoms with van der Waals surface area (Å²) in [7, 11) is 0. The van der Waals surface area contributed by atoms with Crippen LogP contribution in [0.3, 0.4) is 0 Å². The number of piperazine rings is 1. The number of aryl methyl sites for hydroxylation is 1. The molecule has 4 aliphatic heterocycles. The number of hydrogen-bond acceptors (Lipinski definition) is 8. The number of amides is 1. The first-order valence-corrected chi connectivity index (χ1v) is 16.2. The summed E-state index contributed by atoms with van der Waals surface area (Å²) in [6.45, 7) is 7.42. The SMILES string of the molecule is C=C(F)C(=O)N1CCN(c2nc(OCC34CCCN3CCC4)nc3c2COC(c2cccc4c2CCCC4)C3)C[C@@H]1CC#N. The van der Waals surface area contributed by atoms with E-state index in [-0.39, 0.29) is 24.6 Å². The molecule has 0 N–H and O–H groups in total. The number of carbonyl (C=O) groups is 1. The molecule has 232 valence electrons. The number of hydrogen-bond donors (Lipinski definition) is 0. The molecule has 1 amide bonds. The summed E-state index contributed by atoms with van der Waals surface area (Å²) in [5, 5.41) is 9.53. The topological polar surface area (TPSA) is 94.8 Å². The van der Waals surface area contributed by atoms with Crippen molar-refractivity contribution < 1.29 is 18.7 Å². The molecule has 2 aromatic rings. The molecule has 10 heteroatoms. The Labute approximate surface area is 258 Å². The van der Waals surface area contributed by atoms with Gasteiger partial charge in [0.25, 0.3) is 5.91 Å². The fourth-order valence-electron chi connectivity index (χ4n) is 8.28. The van der Waals surface area contributed by atoms with Crippen LogP contribution in [0.1, 0.15) is 79.0 Å². The second kappa shape index (κ2) is 12.1. The third-order valence-corrected chi connectivity index (χ3v) is 10.5. The van der Waals surface area contributed by atoms with E-state index >= 15 is 0 Å². The first kappa shape index (κ1) is 29.2. The number of nitriles is 1. The Morgan fingerprint density at radius 2 is 1.93 bits per heavy atom. The quantitative estimate of drug-likeness (QED) is 0.426. The molecule has 0 radical (unpaired) electrons. The molecular formula is C34H41FN6O3. The van der Waals surface area contributed by atoms with Gasteiger partial charge in [-0.1, -0.05) is 24.8 Å². The lowest BCUT2D eigenvalue weighted by Crippen LogP contribution is -2.55. The summed E-state index contributed by atoms with van der Waals surface area (Å²) in [5.41, 5.74) is 6.02. The molecule has 3 saturated heterocycles. The van der Waals surface area contributed by atoms with Crippen molar-refractivity contribution in [2.24, 2.45) is 0 Å². The minimum Gasteiger partial charge on any atom is -0.461 e. The highest BCUT2D eigenvalue weighted by molar-refractivity contribution is 5.91. The van der Waals surface area contributed by atoms with E-state index < -0.39 is 17.8 Å². The largest absolute Gasteiger partial charge is 0.461 e. The zero-order chi connectivity index (χ0) is 30.3. The Hall–Kier alpha value is -3.55. The third-order valence-electron chi connectivity index (χ3n) is 10.5. The summed E-state index contributed by atoms with van der Waals surface area (Å²) >= 11 is 0. The van der Waals surface area contributed by atoms with Gasteiger partial charge >= 0.3 is 6.01 Å². The highest BCUT2D eigenvalue weighted by Gasteiger charge is 2.45. The number of nitrogens with zero attached hydrogens (tertiary/aromatic N) is 6.